The third-order valence-electron chi connectivity index (χ3n) is 7.24. The van der Waals surface area contributed by atoms with Crippen LogP contribution < -0.4 is 11.1 Å². The maximum absolute atomic E-state index is 14.0. The van der Waals surface area contributed by atoms with Crippen molar-refractivity contribution in [2.75, 3.05) is 26.8 Å². The zero-order valence-electron chi connectivity index (χ0n) is 17.5. The summed E-state index contributed by atoms with van der Waals surface area (Å²) in [5, 5.41) is 6.66. The van der Waals surface area contributed by atoms with Crippen molar-refractivity contribution in [3.05, 3.63) is 29.7 Å². The number of hydrogen-bond acceptors (Lipinski definition) is 5. The van der Waals surface area contributed by atoms with Crippen molar-refractivity contribution in [2.24, 2.45) is 23.5 Å². The van der Waals surface area contributed by atoms with E-state index in [9.17, 15) is 13.6 Å². The van der Waals surface area contributed by atoms with Crippen LogP contribution in [0.15, 0.2) is 18.5 Å². The molecule has 8 nitrogen and oxygen atoms in total. The van der Waals surface area contributed by atoms with Crippen molar-refractivity contribution < 1.29 is 18.3 Å². The van der Waals surface area contributed by atoms with Gasteiger partial charge in [0.1, 0.15) is 0 Å². The Morgan fingerprint density at radius 3 is 2.77 bits per heavy atom. The summed E-state index contributed by atoms with van der Waals surface area (Å²) in [7, 11) is 1.47. The van der Waals surface area contributed by atoms with Crippen LogP contribution in [0.1, 0.15) is 49.0 Å². The number of rotatable bonds is 6. The number of nitrogens with two attached hydrogens (primary N) is 1. The lowest BCUT2D eigenvalue weighted by Crippen LogP contribution is -2.58. The molecule has 10 heteroatoms. The van der Waals surface area contributed by atoms with Gasteiger partial charge in [-0.2, -0.15) is 5.10 Å². The highest BCUT2D eigenvalue weighted by Crippen LogP contribution is 2.52. The van der Waals surface area contributed by atoms with Crippen LogP contribution in [0.2, 0.25) is 0 Å². The number of hydrogen-bond donors (Lipinski definition) is 2. The molecule has 0 bridgehead atoms. The number of methoxy groups -OCH3 is 1. The molecule has 1 aliphatic heterocycles. The quantitative estimate of drug-likeness (QED) is 0.728. The average Bonchev–Trinajstić information content (AvgIpc) is 3.28. The van der Waals surface area contributed by atoms with Gasteiger partial charge in [0.15, 0.2) is 5.65 Å². The number of carbonyl (C=O) groups excluding carboxylic acids is 1. The normalized spacial score (nSPS) is 29.4. The summed E-state index contributed by atoms with van der Waals surface area (Å²) in [6, 6.07) is 0.380. The van der Waals surface area contributed by atoms with Gasteiger partial charge in [-0.05, 0) is 49.5 Å². The number of nitrogens with one attached hydrogen (secondary N) is 1. The first-order chi connectivity index (χ1) is 14.8. The highest BCUT2D eigenvalue weighted by molar-refractivity contribution is 5.76. The molecule has 1 saturated heterocycles. The number of alkyl halides is 2. The van der Waals surface area contributed by atoms with Crippen LogP contribution in [0.5, 0.6) is 0 Å². The number of amides is 2. The molecule has 2 aromatic rings. The van der Waals surface area contributed by atoms with E-state index in [4.69, 9.17) is 15.5 Å². The standard InChI is InChI=1S/C21H28F2N6O2/c1-31-9-17(28-11-21(22,23)10-25-20(28)30)15-6-18-27-16(8-29(18)26-7-15)19(24)14-4-12-2-3-13(12)5-14/h6-8,12-14,17,19H,2-5,9-11,24H2,1H3,(H,25,30)/t12-,13+,14?,17-,19+/m1/s1. The van der Waals surface area contributed by atoms with Crippen molar-refractivity contribution in [3.63, 3.8) is 0 Å². The molecule has 2 aromatic heterocycles. The minimum absolute atomic E-state index is 0.0687. The van der Waals surface area contributed by atoms with Crippen molar-refractivity contribution in [2.45, 2.75) is 43.7 Å². The van der Waals surface area contributed by atoms with Crippen LogP contribution in [0.25, 0.3) is 5.65 Å². The fourth-order valence-electron chi connectivity index (χ4n) is 5.38. The molecular weight excluding hydrogens is 406 g/mol. The Labute approximate surface area is 179 Å². The zero-order valence-corrected chi connectivity index (χ0v) is 17.5. The second-order valence-corrected chi connectivity index (χ2v) is 9.23. The molecule has 0 radical (unpaired) electrons. The van der Waals surface area contributed by atoms with E-state index in [1.165, 1.54) is 20.0 Å². The zero-order chi connectivity index (χ0) is 21.8. The van der Waals surface area contributed by atoms with Gasteiger partial charge in [0.25, 0.3) is 5.92 Å². The number of ether oxygens (including phenoxy) is 1. The Balaban J connectivity index is 1.40. The Morgan fingerprint density at radius 2 is 2.10 bits per heavy atom. The van der Waals surface area contributed by atoms with Gasteiger partial charge >= 0.3 is 6.03 Å². The second-order valence-electron chi connectivity index (χ2n) is 9.23. The molecular formula is C21H28F2N6O2. The van der Waals surface area contributed by atoms with Gasteiger partial charge in [0.2, 0.25) is 0 Å². The lowest BCUT2D eigenvalue weighted by Gasteiger charge is -2.38. The van der Waals surface area contributed by atoms with E-state index in [2.05, 4.69) is 10.4 Å². The number of nitrogens with zero attached hydrogens (tertiary/aromatic N) is 4. The predicted octanol–water partition coefficient (Wildman–Crippen LogP) is 2.51. The minimum Gasteiger partial charge on any atom is -0.382 e. The monoisotopic (exact) mass is 434 g/mol. The first-order valence-electron chi connectivity index (χ1n) is 10.9. The molecule has 5 atom stereocenters. The third-order valence-corrected chi connectivity index (χ3v) is 7.24. The van der Waals surface area contributed by atoms with Crippen LogP contribution in [0.3, 0.4) is 0 Å². The number of fused-ring (bicyclic) bond motifs is 2. The molecule has 2 saturated carbocycles. The smallest absolute Gasteiger partial charge is 0.318 e. The van der Waals surface area contributed by atoms with E-state index in [-0.39, 0.29) is 12.6 Å². The van der Waals surface area contributed by atoms with Crippen molar-refractivity contribution >= 4 is 11.7 Å². The molecule has 1 unspecified atom stereocenters. The Bertz CT molecular complexity index is 970. The van der Waals surface area contributed by atoms with E-state index in [0.717, 1.165) is 35.3 Å². The predicted molar refractivity (Wildman–Crippen MR) is 109 cm³/mol. The van der Waals surface area contributed by atoms with Crippen LogP contribution in [-0.4, -0.2) is 58.3 Å². The molecule has 3 fully saturated rings. The summed E-state index contributed by atoms with van der Waals surface area (Å²) in [5.41, 5.74) is 8.52. The van der Waals surface area contributed by atoms with Crippen LogP contribution >= 0.6 is 0 Å². The average molecular weight is 434 g/mol. The number of imidazole rings is 1. The number of carbonyl (C=O) groups is 1. The van der Waals surface area contributed by atoms with Gasteiger partial charge in [0.05, 0.1) is 49.9 Å². The lowest BCUT2D eigenvalue weighted by molar-refractivity contribution is -0.0509. The fraction of sp³-hybridized carbons (Fsp3) is 0.667. The Hall–Kier alpha value is -2.33. The van der Waals surface area contributed by atoms with Crippen LogP contribution in [0.4, 0.5) is 13.6 Å². The van der Waals surface area contributed by atoms with Crippen molar-refractivity contribution in [1.29, 1.82) is 0 Å². The number of aromatic nitrogens is 3. The summed E-state index contributed by atoms with van der Waals surface area (Å²) < 4.78 is 34.8. The van der Waals surface area contributed by atoms with E-state index in [1.807, 2.05) is 6.20 Å². The molecule has 5 rings (SSSR count). The van der Waals surface area contributed by atoms with Gasteiger partial charge in [0, 0.05) is 12.7 Å². The second kappa shape index (κ2) is 7.67. The molecule has 2 amide bonds. The maximum Gasteiger partial charge on any atom is 0.318 e. The number of halogens is 2. The molecule has 0 aromatic carbocycles. The molecule has 2 aliphatic carbocycles. The largest absolute Gasteiger partial charge is 0.382 e. The van der Waals surface area contributed by atoms with Gasteiger partial charge in [-0.25, -0.2) is 23.1 Å². The highest BCUT2D eigenvalue weighted by atomic mass is 19.3. The first kappa shape index (κ1) is 20.6. The fourth-order valence-corrected chi connectivity index (χ4v) is 5.38. The van der Waals surface area contributed by atoms with Crippen LogP contribution in [0, 0.1) is 17.8 Å². The van der Waals surface area contributed by atoms with Crippen molar-refractivity contribution in [1.82, 2.24) is 24.8 Å². The van der Waals surface area contributed by atoms with Crippen molar-refractivity contribution in [3.8, 4) is 0 Å². The maximum atomic E-state index is 14.0. The van der Waals surface area contributed by atoms with E-state index in [1.54, 1.807) is 16.8 Å². The minimum atomic E-state index is -3.01. The summed E-state index contributed by atoms with van der Waals surface area (Å²) in [6.45, 7) is -1.27. The van der Waals surface area contributed by atoms with Crippen LogP contribution in [-0.2, 0) is 4.74 Å². The lowest BCUT2D eigenvalue weighted by atomic mass is 9.77. The summed E-state index contributed by atoms with van der Waals surface area (Å²) >= 11 is 0. The van der Waals surface area contributed by atoms with E-state index < -0.39 is 31.1 Å². The molecule has 3 heterocycles. The van der Waals surface area contributed by atoms with Gasteiger partial charge in [-0.3, -0.25) is 0 Å². The third kappa shape index (κ3) is 3.76. The van der Waals surface area contributed by atoms with Gasteiger partial charge < -0.3 is 20.7 Å². The van der Waals surface area contributed by atoms with E-state index in [0.29, 0.717) is 17.1 Å². The summed E-state index contributed by atoms with van der Waals surface area (Å²) in [6.07, 6.45) is 8.36. The summed E-state index contributed by atoms with van der Waals surface area (Å²) in [4.78, 5) is 18.1. The van der Waals surface area contributed by atoms with Gasteiger partial charge in [-0.1, -0.05) is 0 Å². The molecule has 3 aliphatic rings. The Morgan fingerprint density at radius 1 is 1.35 bits per heavy atom. The summed E-state index contributed by atoms with van der Waals surface area (Å²) in [5.74, 6) is -0.934. The molecule has 31 heavy (non-hydrogen) atoms. The molecule has 3 N–H and O–H groups in total. The number of urea groups is 1. The Kier molecular flexibility index (Phi) is 5.09. The molecule has 168 valence electrons. The van der Waals surface area contributed by atoms with E-state index >= 15 is 0 Å². The molecule has 0 spiro atoms. The SMILES string of the molecule is COC[C@H](c1cnn2cc([C@@H](N)C3C[C@H]4CC[C@H]4C3)nc2c1)N1CC(F)(F)CNC1=O. The van der Waals surface area contributed by atoms with Gasteiger partial charge in [-0.15, -0.1) is 0 Å². The highest BCUT2D eigenvalue weighted by Gasteiger charge is 2.43. The first-order valence-corrected chi connectivity index (χ1v) is 10.9. The topological polar surface area (TPSA) is 97.8 Å².